The van der Waals surface area contributed by atoms with Gasteiger partial charge in [-0.3, -0.25) is 4.98 Å². The highest BCUT2D eigenvalue weighted by molar-refractivity contribution is 6.31. The van der Waals surface area contributed by atoms with Crippen LogP contribution in [0.1, 0.15) is 22.5 Å². The number of halogens is 1. The first-order chi connectivity index (χ1) is 9.01. The van der Waals surface area contributed by atoms with Crippen molar-refractivity contribution in [1.82, 2.24) is 4.98 Å². The molecular formula is C15H17ClN2O. The first-order valence-corrected chi connectivity index (χ1v) is 6.50. The van der Waals surface area contributed by atoms with Gasteiger partial charge in [-0.1, -0.05) is 11.6 Å². The molecule has 0 aliphatic carbocycles. The van der Waals surface area contributed by atoms with E-state index in [0.717, 1.165) is 39.0 Å². The number of benzene rings is 1. The third-order valence-electron chi connectivity index (χ3n) is 2.98. The lowest BCUT2D eigenvalue weighted by molar-refractivity contribution is 0.473. The summed E-state index contributed by atoms with van der Waals surface area (Å²) >= 11 is 6.01. The highest BCUT2D eigenvalue weighted by Crippen LogP contribution is 2.29. The molecule has 2 aromatic rings. The molecule has 0 radical (unpaired) electrons. The lowest BCUT2D eigenvalue weighted by Crippen LogP contribution is -2.05. The molecule has 1 aromatic heterocycles. The fourth-order valence-electron chi connectivity index (χ4n) is 1.97. The molecule has 19 heavy (non-hydrogen) atoms. The van der Waals surface area contributed by atoms with Gasteiger partial charge in [0.05, 0.1) is 0 Å². The Morgan fingerprint density at radius 3 is 2.58 bits per heavy atom. The van der Waals surface area contributed by atoms with Gasteiger partial charge in [0.15, 0.2) is 0 Å². The number of pyridine rings is 1. The molecule has 0 saturated carbocycles. The van der Waals surface area contributed by atoms with Crippen molar-refractivity contribution in [2.75, 3.05) is 0 Å². The van der Waals surface area contributed by atoms with E-state index in [9.17, 15) is 0 Å². The fraction of sp³-hybridized carbons (Fsp3) is 0.267. The van der Waals surface area contributed by atoms with Crippen molar-refractivity contribution in [3.63, 3.8) is 0 Å². The summed E-state index contributed by atoms with van der Waals surface area (Å²) in [5, 5.41) is 0.730. The average molecular weight is 277 g/mol. The van der Waals surface area contributed by atoms with Crippen LogP contribution in [0, 0.1) is 20.8 Å². The summed E-state index contributed by atoms with van der Waals surface area (Å²) < 4.78 is 5.92. The van der Waals surface area contributed by atoms with Crippen molar-refractivity contribution >= 4 is 11.6 Å². The fourth-order valence-corrected chi connectivity index (χ4v) is 2.08. The number of rotatable bonds is 3. The van der Waals surface area contributed by atoms with Crippen molar-refractivity contribution in [1.29, 1.82) is 0 Å². The summed E-state index contributed by atoms with van der Waals surface area (Å²) in [6.07, 6.45) is 0. The van der Waals surface area contributed by atoms with E-state index in [1.165, 1.54) is 0 Å². The number of nitrogens with two attached hydrogens (primary N) is 1. The standard InChI is InChI=1S/C15H17ClN2O/c1-9-6-12(4-5-14(9)16)19-15-7-10(2)18-11(3)13(15)8-17/h4-7H,8,17H2,1-3H3. The van der Waals surface area contributed by atoms with Crippen LogP contribution in [0.4, 0.5) is 0 Å². The van der Waals surface area contributed by atoms with Crippen molar-refractivity contribution < 1.29 is 4.74 Å². The monoisotopic (exact) mass is 276 g/mol. The molecule has 0 aliphatic heterocycles. The molecule has 0 spiro atoms. The molecule has 0 atom stereocenters. The van der Waals surface area contributed by atoms with Crippen LogP contribution in [0.15, 0.2) is 24.3 Å². The van der Waals surface area contributed by atoms with E-state index in [1.807, 2.05) is 45.0 Å². The maximum Gasteiger partial charge on any atom is 0.135 e. The summed E-state index contributed by atoms with van der Waals surface area (Å²) in [6, 6.07) is 7.49. The minimum absolute atomic E-state index is 0.404. The number of hydrogen-bond acceptors (Lipinski definition) is 3. The van der Waals surface area contributed by atoms with E-state index in [-0.39, 0.29) is 0 Å². The average Bonchev–Trinajstić information content (AvgIpc) is 2.33. The van der Waals surface area contributed by atoms with Crippen LogP contribution < -0.4 is 10.5 Å². The molecule has 2 rings (SSSR count). The molecule has 0 bridgehead atoms. The molecule has 0 fully saturated rings. The van der Waals surface area contributed by atoms with Crippen molar-refractivity contribution in [3.8, 4) is 11.5 Å². The van der Waals surface area contributed by atoms with E-state index >= 15 is 0 Å². The van der Waals surface area contributed by atoms with Gasteiger partial charge in [-0.15, -0.1) is 0 Å². The molecule has 4 heteroatoms. The Labute approximate surface area is 118 Å². The zero-order valence-electron chi connectivity index (χ0n) is 11.3. The van der Waals surface area contributed by atoms with Crippen LogP contribution in [-0.4, -0.2) is 4.98 Å². The minimum Gasteiger partial charge on any atom is -0.457 e. The van der Waals surface area contributed by atoms with Gasteiger partial charge in [0, 0.05) is 34.6 Å². The molecule has 1 heterocycles. The summed E-state index contributed by atoms with van der Waals surface area (Å²) in [5.74, 6) is 1.51. The lowest BCUT2D eigenvalue weighted by Gasteiger charge is -2.13. The largest absolute Gasteiger partial charge is 0.457 e. The van der Waals surface area contributed by atoms with Gasteiger partial charge in [0.1, 0.15) is 11.5 Å². The Bertz CT molecular complexity index is 611. The van der Waals surface area contributed by atoms with Crippen LogP contribution in [0.5, 0.6) is 11.5 Å². The van der Waals surface area contributed by atoms with E-state index in [1.54, 1.807) is 0 Å². The normalized spacial score (nSPS) is 10.6. The molecule has 2 N–H and O–H groups in total. The molecule has 3 nitrogen and oxygen atoms in total. The quantitative estimate of drug-likeness (QED) is 0.924. The molecular weight excluding hydrogens is 260 g/mol. The van der Waals surface area contributed by atoms with Gasteiger partial charge in [-0.2, -0.15) is 0 Å². The Hall–Kier alpha value is -1.58. The van der Waals surface area contributed by atoms with E-state index in [2.05, 4.69) is 4.98 Å². The van der Waals surface area contributed by atoms with Crippen molar-refractivity contribution in [2.24, 2.45) is 5.73 Å². The molecule has 100 valence electrons. The van der Waals surface area contributed by atoms with E-state index < -0.39 is 0 Å². The van der Waals surface area contributed by atoms with Gasteiger partial charge in [0.2, 0.25) is 0 Å². The first-order valence-electron chi connectivity index (χ1n) is 6.12. The highest BCUT2D eigenvalue weighted by Gasteiger charge is 2.10. The maximum atomic E-state index is 6.01. The second kappa shape index (κ2) is 5.59. The van der Waals surface area contributed by atoms with Gasteiger partial charge in [-0.25, -0.2) is 0 Å². The molecule has 1 aromatic carbocycles. The van der Waals surface area contributed by atoms with E-state index in [4.69, 9.17) is 22.1 Å². The highest BCUT2D eigenvalue weighted by atomic mass is 35.5. The predicted molar refractivity (Wildman–Crippen MR) is 77.9 cm³/mol. The van der Waals surface area contributed by atoms with Crippen LogP contribution in [0.25, 0.3) is 0 Å². The Kier molecular flexibility index (Phi) is 4.08. The summed E-state index contributed by atoms with van der Waals surface area (Å²) in [7, 11) is 0. The number of aryl methyl sites for hydroxylation is 3. The Morgan fingerprint density at radius 1 is 1.21 bits per heavy atom. The van der Waals surface area contributed by atoms with Gasteiger partial charge >= 0.3 is 0 Å². The summed E-state index contributed by atoms with van der Waals surface area (Å²) in [4.78, 5) is 4.40. The Morgan fingerprint density at radius 2 is 1.95 bits per heavy atom. The second-order valence-corrected chi connectivity index (χ2v) is 4.95. The minimum atomic E-state index is 0.404. The molecule has 0 unspecified atom stereocenters. The predicted octanol–water partition coefficient (Wildman–Crippen LogP) is 3.91. The van der Waals surface area contributed by atoms with Crippen molar-refractivity contribution in [2.45, 2.75) is 27.3 Å². The van der Waals surface area contributed by atoms with Gasteiger partial charge < -0.3 is 10.5 Å². The van der Waals surface area contributed by atoms with Crippen LogP contribution in [0.3, 0.4) is 0 Å². The number of aromatic nitrogens is 1. The lowest BCUT2D eigenvalue weighted by atomic mass is 10.1. The maximum absolute atomic E-state index is 6.01. The zero-order chi connectivity index (χ0) is 14.0. The smallest absolute Gasteiger partial charge is 0.135 e. The molecule has 0 aliphatic rings. The third-order valence-corrected chi connectivity index (χ3v) is 3.40. The van der Waals surface area contributed by atoms with Crippen LogP contribution in [0.2, 0.25) is 5.02 Å². The molecule has 0 amide bonds. The topological polar surface area (TPSA) is 48.1 Å². The Balaban J connectivity index is 2.39. The van der Waals surface area contributed by atoms with Gasteiger partial charge in [-0.05, 0) is 44.5 Å². The number of nitrogens with zero attached hydrogens (tertiary/aromatic N) is 1. The third kappa shape index (κ3) is 3.06. The summed E-state index contributed by atoms with van der Waals surface area (Å²) in [6.45, 7) is 6.23. The first kappa shape index (κ1) is 13.8. The van der Waals surface area contributed by atoms with Gasteiger partial charge in [0.25, 0.3) is 0 Å². The number of ether oxygens (including phenoxy) is 1. The van der Waals surface area contributed by atoms with Crippen molar-refractivity contribution in [3.05, 3.63) is 51.8 Å². The molecule has 0 saturated heterocycles. The SMILES string of the molecule is Cc1cc(Oc2ccc(Cl)c(C)c2)c(CN)c(C)n1. The zero-order valence-corrected chi connectivity index (χ0v) is 12.1. The van der Waals surface area contributed by atoms with E-state index in [0.29, 0.717) is 6.54 Å². The van der Waals surface area contributed by atoms with Crippen LogP contribution >= 0.6 is 11.6 Å². The van der Waals surface area contributed by atoms with Crippen LogP contribution in [-0.2, 0) is 6.54 Å². The summed E-state index contributed by atoms with van der Waals surface area (Å²) in [5.41, 5.74) is 9.50. The second-order valence-electron chi connectivity index (χ2n) is 4.54. The number of hydrogen-bond donors (Lipinski definition) is 1.